The summed E-state index contributed by atoms with van der Waals surface area (Å²) in [5.41, 5.74) is 0.739. The molecule has 2 atom stereocenters. The molecule has 0 radical (unpaired) electrons. The van der Waals surface area contributed by atoms with Crippen LogP contribution in [0.4, 0.5) is 0 Å². The van der Waals surface area contributed by atoms with Crippen molar-refractivity contribution in [3.05, 3.63) is 48.6 Å². The summed E-state index contributed by atoms with van der Waals surface area (Å²) in [6, 6.07) is 9.21. The Bertz CT molecular complexity index is 385. The molecule has 0 bridgehead atoms. The van der Waals surface area contributed by atoms with Crippen molar-refractivity contribution < 1.29 is 9.90 Å². The molecule has 0 spiro atoms. The fourth-order valence-electron chi connectivity index (χ4n) is 1.97. The maximum atomic E-state index is 12.2. The summed E-state index contributed by atoms with van der Waals surface area (Å²) in [5.74, 6) is -0.668. The van der Waals surface area contributed by atoms with Crippen molar-refractivity contribution >= 4 is 5.91 Å². The molecule has 0 aliphatic heterocycles. The quantitative estimate of drug-likeness (QED) is 0.784. The molecule has 1 amide bonds. The molecule has 98 valence electrons. The third kappa shape index (κ3) is 3.20. The average molecular weight is 247 g/mol. The van der Waals surface area contributed by atoms with Gasteiger partial charge in [-0.25, -0.2) is 0 Å². The average Bonchev–Trinajstić information content (AvgIpc) is 2.42. The Hall–Kier alpha value is -1.61. The minimum absolute atomic E-state index is 0.0775. The molecular weight excluding hydrogens is 226 g/mol. The van der Waals surface area contributed by atoms with Gasteiger partial charge in [-0.3, -0.25) is 4.79 Å². The van der Waals surface area contributed by atoms with E-state index in [1.54, 1.807) is 4.90 Å². The summed E-state index contributed by atoms with van der Waals surface area (Å²) in [7, 11) is 0. The van der Waals surface area contributed by atoms with Gasteiger partial charge in [-0.2, -0.15) is 0 Å². The molecule has 2 unspecified atom stereocenters. The van der Waals surface area contributed by atoms with E-state index in [1.807, 2.05) is 44.2 Å². The molecule has 1 aromatic rings. The highest BCUT2D eigenvalue weighted by molar-refractivity contribution is 5.81. The molecule has 1 aromatic carbocycles. The van der Waals surface area contributed by atoms with E-state index in [0.717, 1.165) is 5.56 Å². The van der Waals surface area contributed by atoms with Crippen LogP contribution in [0, 0.1) is 5.92 Å². The summed E-state index contributed by atoms with van der Waals surface area (Å²) >= 11 is 0. The third-order valence-electron chi connectivity index (χ3n) is 3.10. The first-order valence-electron chi connectivity index (χ1n) is 6.30. The first-order valence-corrected chi connectivity index (χ1v) is 6.30. The van der Waals surface area contributed by atoms with Gasteiger partial charge in [-0.15, -0.1) is 6.58 Å². The minimum Gasteiger partial charge on any atom is -0.387 e. The van der Waals surface area contributed by atoms with Crippen LogP contribution >= 0.6 is 0 Å². The van der Waals surface area contributed by atoms with Crippen molar-refractivity contribution in [3.63, 3.8) is 0 Å². The third-order valence-corrected chi connectivity index (χ3v) is 3.10. The summed E-state index contributed by atoms with van der Waals surface area (Å²) in [4.78, 5) is 14.0. The van der Waals surface area contributed by atoms with E-state index in [2.05, 4.69) is 6.58 Å². The number of carbonyl (C=O) groups is 1. The van der Waals surface area contributed by atoms with Gasteiger partial charge >= 0.3 is 0 Å². The van der Waals surface area contributed by atoms with E-state index in [0.29, 0.717) is 13.1 Å². The van der Waals surface area contributed by atoms with Crippen molar-refractivity contribution in [2.45, 2.75) is 20.0 Å². The van der Waals surface area contributed by atoms with E-state index in [4.69, 9.17) is 0 Å². The molecule has 0 fully saturated rings. The number of aliphatic hydroxyl groups excluding tert-OH is 1. The normalized spacial score (nSPS) is 13.7. The number of rotatable bonds is 6. The van der Waals surface area contributed by atoms with Crippen molar-refractivity contribution in [3.8, 4) is 0 Å². The second-order valence-corrected chi connectivity index (χ2v) is 4.13. The fourth-order valence-corrected chi connectivity index (χ4v) is 1.97. The highest BCUT2D eigenvalue weighted by atomic mass is 16.3. The molecule has 1 N–H and O–H groups in total. The lowest BCUT2D eigenvalue weighted by molar-refractivity contribution is -0.136. The molecule has 1 rings (SSSR count). The molecule has 0 heterocycles. The molecule has 18 heavy (non-hydrogen) atoms. The highest BCUT2D eigenvalue weighted by Gasteiger charge is 2.27. The van der Waals surface area contributed by atoms with Crippen molar-refractivity contribution in [2.24, 2.45) is 5.92 Å². The summed E-state index contributed by atoms with van der Waals surface area (Å²) < 4.78 is 0. The maximum absolute atomic E-state index is 12.2. The largest absolute Gasteiger partial charge is 0.387 e. The maximum Gasteiger partial charge on any atom is 0.232 e. The van der Waals surface area contributed by atoms with Gasteiger partial charge in [0.1, 0.15) is 0 Å². The van der Waals surface area contributed by atoms with Crippen molar-refractivity contribution in [2.75, 3.05) is 13.1 Å². The van der Waals surface area contributed by atoms with E-state index < -0.39 is 12.0 Å². The fraction of sp³-hybridized carbons (Fsp3) is 0.400. The number of nitrogens with zero attached hydrogens (tertiary/aromatic N) is 1. The molecule has 0 saturated heterocycles. The van der Waals surface area contributed by atoms with Gasteiger partial charge in [0.25, 0.3) is 0 Å². The standard InChI is InChI=1S/C15H21NO2/c1-4-13(15(18)16(5-2)6-3)14(17)12-10-8-7-9-11-12/h4,7-11,13-14,17H,1,5-6H2,2-3H3. The predicted molar refractivity (Wildman–Crippen MR) is 73.0 cm³/mol. The zero-order valence-corrected chi connectivity index (χ0v) is 11.0. The Morgan fingerprint density at radius 3 is 2.33 bits per heavy atom. The number of benzene rings is 1. The van der Waals surface area contributed by atoms with Crippen LogP contribution in [0.2, 0.25) is 0 Å². The van der Waals surface area contributed by atoms with Crippen LogP contribution in [0.3, 0.4) is 0 Å². The first-order chi connectivity index (χ1) is 8.65. The Morgan fingerprint density at radius 2 is 1.89 bits per heavy atom. The highest BCUT2D eigenvalue weighted by Crippen LogP contribution is 2.24. The van der Waals surface area contributed by atoms with Crippen LogP contribution in [0.15, 0.2) is 43.0 Å². The number of hydrogen-bond acceptors (Lipinski definition) is 2. The predicted octanol–water partition coefficient (Wildman–Crippen LogP) is 2.39. The molecule has 3 heteroatoms. The molecule has 0 aromatic heterocycles. The van der Waals surface area contributed by atoms with Crippen LogP contribution in [-0.4, -0.2) is 29.0 Å². The molecule has 3 nitrogen and oxygen atoms in total. The Morgan fingerprint density at radius 1 is 1.33 bits per heavy atom. The first kappa shape index (κ1) is 14.5. The molecular formula is C15H21NO2. The van der Waals surface area contributed by atoms with Crippen LogP contribution < -0.4 is 0 Å². The summed E-state index contributed by atoms with van der Waals surface area (Å²) in [5, 5.41) is 10.3. The van der Waals surface area contributed by atoms with E-state index >= 15 is 0 Å². The van der Waals surface area contributed by atoms with Gasteiger partial charge in [0.05, 0.1) is 12.0 Å². The van der Waals surface area contributed by atoms with Crippen molar-refractivity contribution in [1.82, 2.24) is 4.90 Å². The lowest BCUT2D eigenvalue weighted by atomic mass is 9.94. The van der Waals surface area contributed by atoms with Gasteiger partial charge in [0.15, 0.2) is 0 Å². The van der Waals surface area contributed by atoms with Crippen LogP contribution in [0.1, 0.15) is 25.5 Å². The van der Waals surface area contributed by atoms with Gasteiger partial charge < -0.3 is 10.0 Å². The van der Waals surface area contributed by atoms with E-state index in [9.17, 15) is 9.90 Å². The van der Waals surface area contributed by atoms with Gasteiger partial charge in [-0.1, -0.05) is 36.4 Å². The molecule has 0 aliphatic rings. The van der Waals surface area contributed by atoms with Gasteiger partial charge in [0.2, 0.25) is 5.91 Å². The number of amides is 1. The second-order valence-electron chi connectivity index (χ2n) is 4.13. The van der Waals surface area contributed by atoms with Crippen molar-refractivity contribution in [1.29, 1.82) is 0 Å². The smallest absolute Gasteiger partial charge is 0.232 e. The zero-order valence-electron chi connectivity index (χ0n) is 11.0. The minimum atomic E-state index is -0.836. The summed E-state index contributed by atoms with van der Waals surface area (Å²) in [6.07, 6.45) is 0.690. The number of carbonyl (C=O) groups excluding carboxylic acids is 1. The van der Waals surface area contributed by atoms with Crippen LogP contribution in [0.25, 0.3) is 0 Å². The second kappa shape index (κ2) is 6.97. The number of aliphatic hydroxyl groups is 1. The monoisotopic (exact) mass is 247 g/mol. The molecule has 0 saturated carbocycles. The number of hydrogen-bond donors (Lipinski definition) is 1. The van der Waals surface area contributed by atoms with Gasteiger partial charge in [0, 0.05) is 13.1 Å². The summed E-state index contributed by atoms with van der Waals surface area (Å²) in [6.45, 7) is 8.81. The molecule has 0 aliphatic carbocycles. The van der Waals surface area contributed by atoms with Crippen LogP contribution in [-0.2, 0) is 4.79 Å². The lowest BCUT2D eigenvalue weighted by Crippen LogP contribution is -2.37. The Balaban J connectivity index is 2.90. The van der Waals surface area contributed by atoms with Gasteiger partial charge in [-0.05, 0) is 19.4 Å². The topological polar surface area (TPSA) is 40.5 Å². The van der Waals surface area contributed by atoms with E-state index in [1.165, 1.54) is 6.08 Å². The SMILES string of the molecule is C=CC(C(=O)N(CC)CC)C(O)c1ccccc1. The van der Waals surface area contributed by atoms with Crippen LogP contribution in [0.5, 0.6) is 0 Å². The lowest BCUT2D eigenvalue weighted by Gasteiger charge is -2.26. The Labute approximate surface area is 109 Å². The Kier molecular flexibility index (Phi) is 5.59. The zero-order chi connectivity index (χ0) is 13.5. The van der Waals surface area contributed by atoms with E-state index in [-0.39, 0.29) is 5.91 Å².